The molecule has 10 nitrogen and oxygen atoms in total. The topological polar surface area (TPSA) is 150 Å². The highest BCUT2D eigenvalue weighted by atomic mass is 32.1. The van der Waals surface area contributed by atoms with Crippen molar-refractivity contribution in [2.45, 2.75) is 89.2 Å². The van der Waals surface area contributed by atoms with Crippen molar-refractivity contribution in [3.05, 3.63) is 38.7 Å². The van der Waals surface area contributed by atoms with E-state index in [2.05, 4.69) is 18.0 Å². The number of aromatic nitrogens is 2. The van der Waals surface area contributed by atoms with Crippen LogP contribution in [0.4, 0.5) is 5.00 Å². The van der Waals surface area contributed by atoms with Gasteiger partial charge in [0.1, 0.15) is 23.8 Å². The predicted octanol–water partition coefficient (Wildman–Crippen LogP) is 4.66. The first kappa shape index (κ1) is 31.4. The number of fused-ring (bicyclic) bond motifs is 2. The lowest BCUT2D eigenvalue weighted by Gasteiger charge is -2.25. The van der Waals surface area contributed by atoms with Gasteiger partial charge in [-0.2, -0.15) is 10.2 Å². The maximum atomic E-state index is 14.3. The predicted molar refractivity (Wildman–Crippen MR) is 167 cm³/mol. The number of allylic oxidation sites excluding steroid dienone is 1. The number of hydrogen-bond acceptors (Lipinski definition) is 11. The summed E-state index contributed by atoms with van der Waals surface area (Å²) in [5.41, 5.74) is 16.8. The van der Waals surface area contributed by atoms with E-state index in [1.807, 2.05) is 6.92 Å². The molecule has 232 valence electrons. The first-order valence-electron chi connectivity index (χ1n) is 15.6. The summed E-state index contributed by atoms with van der Waals surface area (Å²) in [5, 5.41) is 10.3. The fraction of sp³-hybridized carbons (Fsp3) is 0.625. The van der Waals surface area contributed by atoms with Gasteiger partial charge in [-0.15, -0.1) is 11.3 Å². The molecular formula is C32H44N6O4S. The average Bonchev–Trinajstić information content (AvgIpc) is 3.50. The third-order valence-corrected chi connectivity index (χ3v) is 10.0. The highest BCUT2D eigenvalue weighted by Gasteiger charge is 2.35. The van der Waals surface area contributed by atoms with E-state index in [-0.39, 0.29) is 17.6 Å². The number of carbonyl (C=O) groups excluding carboxylic acids is 1. The van der Waals surface area contributed by atoms with Crippen molar-refractivity contribution in [1.29, 1.82) is 5.26 Å². The average molecular weight is 609 g/mol. The molecular weight excluding hydrogens is 564 g/mol. The summed E-state index contributed by atoms with van der Waals surface area (Å²) in [6.07, 6.45) is 7.67. The zero-order valence-corrected chi connectivity index (χ0v) is 26.4. The number of ketones is 1. The summed E-state index contributed by atoms with van der Waals surface area (Å²) in [5.74, 6) is 0.283. The molecule has 0 radical (unpaired) electrons. The van der Waals surface area contributed by atoms with Crippen LogP contribution in [0.3, 0.4) is 0 Å². The van der Waals surface area contributed by atoms with E-state index in [1.165, 1.54) is 11.3 Å². The Labute approximate surface area is 258 Å². The number of methoxy groups -OCH3 is 1. The van der Waals surface area contributed by atoms with E-state index >= 15 is 0 Å². The molecule has 4 N–H and O–H groups in total. The van der Waals surface area contributed by atoms with Gasteiger partial charge in [-0.25, -0.2) is 4.98 Å². The summed E-state index contributed by atoms with van der Waals surface area (Å²) >= 11 is 1.42. The van der Waals surface area contributed by atoms with Crippen molar-refractivity contribution in [3.8, 4) is 11.9 Å². The van der Waals surface area contributed by atoms with Crippen LogP contribution in [0.5, 0.6) is 5.88 Å². The second-order valence-electron chi connectivity index (χ2n) is 11.8. The number of carbonyl (C=O) groups is 1. The quantitative estimate of drug-likeness (QED) is 0.345. The number of nitriles is 1. The molecule has 3 atom stereocenters. The Bertz CT molecular complexity index is 1400. The Kier molecular flexibility index (Phi) is 10.3. The molecule has 0 spiro atoms. The van der Waals surface area contributed by atoms with E-state index in [9.17, 15) is 10.1 Å². The van der Waals surface area contributed by atoms with Crippen LogP contribution in [0.2, 0.25) is 0 Å². The second-order valence-corrected chi connectivity index (χ2v) is 12.9. The minimum atomic E-state index is -0.459. The van der Waals surface area contributed by atoms with Crippen LogP contribution in [0, 0.1) is 11.3 Å². The van der Waals surface area contributed by atoms with E-state index in [0.717, 1.165) is 73.2 Å². The number of anilines is 1. The van der Waals surface area contributed by atoms with Crippen LogP contribution < -0.4 is 16.2 Å². The van der Waals surface area contributed by atoms with Crippen LogP contribution in [-0.4, -0.2) is 67.2 Å². The van der Waals surface area contributed by atoms with Gasteiger partial charge in [0.25, 0.3) is 0 Å². The van der Waals surface area contributed by atoms with Gasteiger partial charge in [0, 0.05) is 54.7 Å². The monoisotopic (exact) mass is 608 g/mol. The van der Waals surface area contributed by atoms with Crippen molar-refractivity contribution in [3.63, 3.8) is 0 Å². The zero-order valence-electron chi connectivity index (χ0n) is 25.6. The van der Waals surface area contributed by atoms with E-state index in [4.69, 9.17) is 35.6 Å². The summed E-state index contributed by atoms with van der Waals surface area (Å²) in [4.78, 5) is 27.5. The van der Waals surface area contributed by atoms with Crippen molar-refractivity contribution in [2.75, 3.05) is 46.3 Å². The van der Waals surface area contributed by atoms with Gasteiger partial charge in [-0.3, -0.25) is 4.79 Å². The van der Waals surface area contributed by atoms with Gasteiger partial charge in [-0.1, -0.05) is 13.3 Å². The van der Waals surface area contributed by atoms with Crippen LogP contribution in [0.25, 0.3) is 5.70 Å². The number of likely N-dealkylation sites (N-methyl/N-ethyl adjacent to an activating group) is 1. The number of nitrogens with zero attached hydrogens (tertiary/aromatic N) is 4. The molecule has 0 bridgehead atoms. The van der Waals surface area contributed by atoms with Crippen LogP contribution in [-0.2, 0) is 27.1 Å². The number of ether oxygens (including phenoxy) is 3. The van der Waals surface area contributed by atoms with Crippen LogP contribution in [0.1, 0.15) is 103 Å². The van der Waals surface area contributed by atoms with E-state index in [1.54, 1.807) is 7.11 Å². The molecule has 1 saturated heterocycles. The number of aryl methyl sites for hydroxylation is 1. The largest absolute Gasteiger partial charge is 0.476 e. The van der Waals surface area contributed by atoms with Crippen molar-refractivity contribution in [1.82, 2.24) is 14.9 Å². The standard InChI is InChI=1S/C32H44N6O4S/c1-4-8-21(29(39)20-10-5-12-25-26(20)23(17-33)30(35)43-25)27(34)31-36-28-22(11-7-15-41-24(28)13-16-40-3)32(37-31)42-18-19-9-6-14-38(19)2/h19-20,24H,4-16,18,34-35H2,1-3H3/b27-21-/t19-,20-,24+/m0/s1. The normalized spacial score (nSPS) is 22.7. The van der Waals surface area contributed by atoms with Gasteiger partial charge >= 0.3 is 0 Å². The van der Waals surface area contributed by atoms with Gasteiger partial charge in [0.15, 0.2) is 11.6 Å². The molecule has 1 fully saturated rings. The molecule has 3 aliphatic rings. The molecule has 0 aromatic carbocycles. The SMILES string of the molecule is CCC/C(C(=O)[C@H]1CCCc2sc(N)c(C#N)c21)=C(/N)c1nc(OC[C@@H]2CCCN2C)c2c(n1)[C@@H](CCOC)OCCC2. The third-order valence-electron chi connectivity index (χ3n) is 8.95. The van der Waals surface area contributed by atoms with Crippen molar-refractivity contribution in [2.24, 2.45) is 5.73 Å². The van der Waals surface area contributed by atoms with E-state index < -0.39 is 5.92 Å². The summed E-state index contributed by atoms with van der Waals surface area (Å²) in [6.45, 7) is 4.72. The lowest BCUT2D eigenvalue weighted by molar-refractivity contribution is -0.117. The number of nitrogen functional groups attached to an aromatic ring is 1. The van der Waals surface area contributed by atoms with Crippen molar-refractivity contribution < 1.29 is 19.0 Å². The minimum Gasteiger partial charge on any atom is -0.476 e. The lowest BCUT2D eigenvalue weighted by atomic mass is 9.79. The minimum absolute atomic E-state index is 0.0737. The summed E-state index contributed by atoms with van der Waals surface area (Å²) < 4.78 is 18.1. The first-order valence-corrected chi connectivity index (χ1v) is 16.4. The Morgan fingerprint density at radius 3 is 2.79 bits per heavy atom. The maximum Gasteiger partial charge on any atom is 0.220 e. The molecule has 2 aromatic heterocycles. The Morgan fingerprint density at radius 1 is 1.23 bits per heavy atom. The molecule has 1 aliphatic carbocycles. The molecule has 2 aromatic rings. The van der Waals surface area contributed by atoms with E-state index in [0.29, 0.717) is 73.0 Å². The summed E-state index contributed by atoms with van der Waals surface area (Å²) in [7, 11) is 3.80. The Balaban J connectivity index is 1.58. The van der Waals surface area contributed by atoms with Gasteiger partial charge in [-0.05, 0) is 70.5 Å². The Hall–Kier alpha value is -3.04. The maximum absolute atomic E-state index is 14.3. The molecule has 0 saturated carbocycles. The molecule has 2 aliphatic heterocycles. The number of rotatable bonds is 11. The smallest absolute Gasteiger partial charge is 0.220 e. The van der Waals surface area contributed by atoms with Gasteiger partial charge < -0.3 is 30.6 Å². The zero-order chi connectivity index (χ0) is 30.5. The fourth-order valence-corrected chi connectivity index (χ4v) is 7.75. The molecule has 5 rings (SSSR count). The number of hydrogen-bond donors (Lipinski definition) is 2. The first-order chi connectivity index (χ1) is 20.9. The third kappa shape index (κ3) is 6.58. The fourth-order valence-electron chi connectivity index (χ4n) is 6.62. The summed E-state index contributed by atoms with van der Waals surface area (Å²) in [6, 6.07) is 2.56. The van der Waals surface area contributed by atoms with Gasteiger partial charge in [0.05, 0.1) is 17.0 Å². The van der Waals surface area contributed by atoms with Gasteiger partial charge in [0.2, 0.25) is 5.88 Å². The van der Waals surface area contributed by atoms with Crippen molar-refractivity contribution >= 4 is 27.8 Å². The molecule has 0 amide bonds. The number of thiophene rings is 1. The number of Topliss-reactive ketones (excluding diaryl/α,β-unsaturated/α-hetero) is 1. The Morgan fingerprint density at radius 2 is 2.07 bits per heavy atom. The number of likely N-dealkylation sites (tertiary alicyclic amines) is 1. The second kappa shape index (κ2) is 14.2. The molecule has 4 heterocycles. The highest BCUT2D eigenvalue weighted by Crippen LogP contribution is 2.44. The van der Waals surface area contributed by atoms with Crippen LogP contribution >= 0.6 is 11.3 Å². The number of nitrogens with two attached hydrogens (primary N) is 2. The van der Waals surface area contributed by atoms with Crippen LogP contribution in [0.15, 0.2) is 5.57 Å². The molecule has 43 heavy (non-hydrogen) atoms. The lowest BCUT2D eigenvalue weighted by Crippen LogP contribution is -2.31. The molecule has 11 heteroatoms. The molecule has 0 unspecified atom stereocenters. The highest BCUT2D eigenvalue weighted by molar-refractivity contribution is 7.16.